The highest BCUT2D eigenvalue weighted by molar-refractivity contribution is 7.13. The predicted molar refractivity (Wildman–Crippen MR) is 44.2 cm³/mol. The van der Waals surface area contributed by atoms with E-state index in [1.165, 1.54) is 12.1 Å². The normalized spacial score (nSPS) is 14.2. The smallest absolute Gasteiger partial charge is 0.297 e. The molecule has 0 saturated carbocycles. The lowest BCUT2D eigenvalue weighted by atomic mass is 10.1. The fourth-order valence-electron chi connectivity index (χ4n) is 0.826. The molecule has 72 valence electrons. The number of hydrogen-bond donors (Lipinski definition) is 0. The number of alkyl halides is 3. The molecule has 0 aromatic carbocycles. The van der Waals surface area contributed by atoms with E-state index in [0.717, 1.165) is 18.3 Å². The number of rotatable bonds is 2. The van der Waals surface area contributed by atoms with Gasteiger partial charge in [0.15, 0.2) is 6.29 Å². The number of halogens is 3. The van der Waals surface area contributed by atoms with Crippen molar-refractivity contribution >= 4 is 17.6 Å². The Balaban J connectivity index is 2.89. The molecule has 0 amide bonds. The van der Waals surface area contributed by atoms with Gasteiger partial charge >= 0.3 is 6.18 Å². The van der Waals surface area contributed by atoms with Gasteiger partial charge in [-0.2, -0.15) is 13.2 Å². The minimum atomic E-state index is -4.23. The van der Waals surface area contributed by atoms with Crippen molar-refractivity contribution in [2.24, 2.45) is 0 Å². The van der Waals surface area contributed by atoms with E-state index in [4.69, 9.17) is 0 Å². The molecule has 0 aliphatic carbocycles. The molecule has 0 radical (unpaired) electrons. The summed E-state index contributed by atoms with van der Waals surface area (Å²) in [6, 6.07) is 2.74. The summed E-state index contributed by atoms with van der Waals surface area (Å²) in [5, 5.41) is 0. The lowest BCUT2D eigenvalue weighted by molar-refractivity contribution is -0.145. The molecule has 1 nitrogen and oxygen atoms in total. The zero-order valence-corrected chi connectivity index (χ0v) is 7.58. The maximum Gasteiger partial charge on any atom is 0.396 e. The third kappa shape index (κ3) is 2.30. The van der Waals surface area contributed by atoms with Gasteiger partial charge < -0.3 is 0 Å². The van der Waals surface area contributed by atoms with Crippen LogP contribution in [0.25, 0.3) is 0 Å². The van der Waals surface area contributed by atoms with Gasteiger partial charge in [-0.1, -0.05) is 0 Å². The molecule has 0 aliphatic rings. The lowest BCUT2D eigenvalue weighted by Crippen LogP contribution is -2.16. The minimum absolute atomic E-state index is 0.176. The van der Waals surface area contributed by atoms with Crippen molar-refractivity contribution in [2.75, 3.05) is 0 Å². The summed E-state index contributed by atoms with van der Waals surface area (Å²) in [5.41, 5.74) is 0. The first-order valence-electron chi connectivity index (χ1n) is 3.56. The van der Waals surface area contributed by atoms with Crippen molar-refractivity contribution in [3.63, 3.8) is 0 Å². The Morgan fingerprint density at radius 3 is 2.46 bits per heavy atom. The third-order valence-electron chi connectivity index (χ3n) is 1.68. The first-order chi connectivity index (χ1) is 5.95. The summed E-state index contributed by atoms with van der Waals surface area (Å²) >= 11 is 0.880. The van der Waals surface area contributed by atoms with Crippen molar-refractivity contribution in [3.05, 3.63) is 21.9 Å². The molecule has 1 aromatic heterocycles. The summed E-state index contributed by atoms with van der Waals surface area (Å²) in [6.45, 7) is 1.08. The van der Waals surface area contributed by atoms with Crippen LogP contribution in [0.2, 0.25) is 0 Å². The first-order valence-corrected chi connectivity index (χ1v) is 4.38. The maximum absolute atomic E-state index is 12.2. The largest absolute Gasteiger partial charge is 0.396 e. The van der Waals surface area contributed by atoms with Gasteiger partial charge in [0, 0.05) is 4.88 Å². The molecule has 0 spiro atoms. The van der Waals surface area contributed by atoms with E-state index in [1.54, 1.807) is 0 Å². The maximum atomic E-state index is 12.2. The standard InChI is InChI=1S/C8H7F3OS/c1-5(8(9,10)11)7-3-2-6(4-12)13-7/h2-5H,1H3/t5-/m1/s1. The lowest BCUT2D eigenvalue weighted by Gasteiger charge is -2.12. The molecule has 0 bridgehead atoms. The van der Waals surface area contributed by atoms with E-state index in [-0.39, 0.29) is 4.88 Å². The van der Waals surface area contributed by atoms with Crippen LogP contribution in [0.15, 0.2) is 12.1 Å². The molecule has 0 aliphatic heterocycles. The predicted octanol–water partition coefficient (Wildman–Crippen LogP) is 3.23. The SMILES string of the molecule is C[C@H](c1ccc(C=O)s1)C(F)(F)F. The zero-order chi connectivity index (χ0) is 10.1. The van der Waals surface area contributed by atoms with E-state index in [2.05, 4.69) is 0 Å². The molecule has 1 atom stereocenters. The van der Waals surface area contributed by atoms with Crippen molar-refractivity contribution in [2.45, 2.75) is 19.0 Å². The first kappa shape index (κ1) is 10.2. The second-order valence-electron chi connectivity index (χ2n) is 2.62. The van der Waals surface area contributed by atoms with Crippen molar-refractivity contribution in [3.8, 4) is 0 Å². The topological polar surface area (TPSA) is 17.1 Å². The van der Waals surface area contributed by atoms with E-state index in [1.807, 2.05) is 0 Å². The number of hydrogen-bond acceptors (Lipinski definition) is 2. The number of aldehydes is 1. The van der Waals surface area contributed by atoms with Gasteiger partial charge in [-0.05, 0) is 19.1 Å². The number of carbonyl (C=O) groups excluding carboxylic acids is 1. The van der Waals surface area contributed by atoms with Crippen LogP contribution in [0.5, 0.6) is 0 Å². The second-order valence-corrected chi connectivity index (χ2v) is 3.77. The summed E-state index contributed by atoms with van der Waals surface area (Å²) in [4.78, 5) is 10.7. The molecule has 1 aromatic rings. The van der Waals surface area contributed by atoms with Crippen LogP contribution in [0.4, 0.5) is 13.2 Å². The van der Waals surface area contributed by atoms with E-state index in [0.29, 0.717) is 11.2 Å². The molecular formula is C8H7F3OS. The Kier molecular flexibility index (Phi) is 2.75. The van der Waals surface area contributed by atoms with Gasteiger partial charge in [0.05, 0.1) is 10.8 Å². The molecule has 1 heterocycles. The van der Waals surface area contributed by atoms with Crippen LogP contribution < -0.4 is 0 Å². The summed E-state index contributed by atoms with van der Waals surface area (Å²) < 4.78 is 36.5. The van der Waals surface area contributed by atoms with Crippen molar-refractivity contribution in [1.82, 2.24) is 0 Å². The van der Waals surface area contributed by atoms with Gasteiger partial charge in [0.25, 0.3) is 0 Å². The fourth-order valence-corrected chi connectivity index (χ4v) is 1.73. The average Bonchev–Trinajstić information content (AvgIpc) is 2.48. The summed E-state index contributed by atoms with van der Waals surface area (Å²) in [7, 11) is 0. The zero-order valence-electron chi connectivity index (χ0n) is 6.76. The molecule has 13 heavy (non-hydrogen) atoms. The molecule has 0 fully saturated rings. The Morgan fingerprint density at radius 1 is 1.46 bits per heavy atom. The van der Waals surface area contributed by atoms with E-state index < -0.39 is 12.1 Å². The van der Waals surface area contributed by atoms with Crippen LogP contribution in [0, 0.1) is 0 Å². The minimum Gasteiger partial charge on any atom is -0.297 e. The van der Waals surface area contributed by atoms with E-state index in [9.17, 15) is 18.0 Å². The van der Waals surface area contributed by atoms with Crippen LogP contribution in [0.3, 0.4) is 0 Å². The Morgan fingerprint density at radius 2 is 2.08 bits per heavy atom. The van der Waals surface area contributed by atoms with Crippen LogP contribution in [-0.2, 0) is 0 Å². The summed E-state index contributed by atoms with van der Waals surface area (Å²) in [6.07, 6.45) is -3.68. The van der Waals surface area contributed by atoms with Gasteiger partial charge in [0.1, 0.15) is 0 Å². The second kappa shape index (κ2) is 3.49. The molecule has 0 unspecified atom stereocenters. The quantitative estimate of drug-likeness (QED) is 0.682. The van der Waals surface area contributed by atoms with Gasteiger partial charge in [-0.3, -0.25) is 4.79 Å². The van der Waals surface area contributed by atoms with Crippen LogP contribution in [-0.4, -0.2) is 12.5 Å². The molecular weight excluding hydrogens is 201 g/mol. The Hall–Kier alpha value is -0.840. The number of thiophene rings is 1. The summed E-state index contributed by atoms with van der Waals surface area (Å²) in [5.74, 6) is -1.49. The van der Waals surface area contributed by atoms with Crippen molar-refractivity contribution in [1.29, 1.82) is 0 Å². The van der Waals surface area contributed by atoms with Crippen LogP contribution >= 0.6 is 11.3 Å². The van der Waals surface area contributed by atoms with Gasteiger partial charge in [0.2, 0.25) is 0 Å². The van der Waals surface area contributed by atoms with Crippen LogP contribution in [0.1, 0.15) is 27.4 Å². The van der Waals surface area contributed by atoms with Gasteiger partial charge in [-0.25, -0.2) is 0 Å². The average molecular weight is 208 g/mol. The molecule has 0 N–H and O–H groups in total. The highest BCUT2D eigenvalue weighted by Gasteiger charge is 2.37. The Bertz CT molecular complexity index is 303. The highest BCUT2D eigenvalue weighted by atomic mass is 32.1. The van der Waals surface area contributed by atoms with Gasteiger partial charge in [-0.15, -0.1) is 11.3 Å². The highest BCUT2D eigenvalue weighted by Crippen LogP contribution is 2.37. The number of carbonyl (C=O) groups is 1. The fraction of sp³-hybridized carbons (Fsp3) is 0.375. The monoisotopic (exact) mass is 208 g/mol. The third-order valence-corrected chi connectivity index (χ3v) is 2.87. The molecule has 5 heteroatoms. The molecule has 0 saturated heterocycles. The van der Waals surface area contributed by atoms with Crippen molar-refractivity contribution < 1.29 is 18.0 Å². The van der Waals surface area contributed by atoms with E-state index >= 15 is 0 Å². The Labute approximate surface area is 77.2 Å². The molecule has 1 rings (SSSR count).